The lowest BCUT2D eigenvalue weighted by atomic mass is 9.95. The van der Waals surface area contributed by atoms with Crippen molar-refractivity contribution in [2.45, 2.75) is 39.3 Å². The first-order valence-corrected chi connectivity index (χ1v) is 6.07. The smallest absolute Gasteiger partial charge is 0.0445 e. The predicted octanol–water partition coefficient (Wildman–Crippen LogP) is 2.74. The molecule has 2 atom stereocenters. The highest BCUT2D eigenvalue weighted by molar-refractivity contribution is 5.19. The predicted molar refractivity (Wildman–Crippen MR) is 68.3 cm³/mol. The fourth-order valence-electron chi connectivity index (χ4n) is 1.92. The Kier molecular flexibility index (Phi) is 5.50. The number of nitrogens with one attached hydrogen (secondary N) is 1. The van der Waals surface area contributed by atoms with Crippen LogP contribution in [0.4, 0.5) is 0 Å². The van der Waals surface area contributed by atoms with E-state index in [1.54, 1.807) is 0 Å². The largest absolute Gasteiger partial charge is 0.396 e. The summed E-state index contributed by atoms with van der Waals surface area (Å²) in [5.41, 5.74) is 1.32. The molecule has 2 nitrogen and oxygen atoms in total. The maximum absolute atomic E-state index is 8.92. The molecule has 0 aliphatic heterocycles. The van der Waals surface area contributed by atoms with Gasteiger partial charge in [0.1, 0.15) is 0 Å². The van der Waals surface area contributed by atoms with Gasteiger partial charge in [0.2, 0.25) is 0 Å². The molecule has 0 saturated carbocycles. The first-order chi connectivity index (χ1) is 7.65. The van der Waals surface area contributed by atoms with E-state index in [2.05, 4.69) is 50.4 Å². The normalized spacial score (nSPS) is 15.1. The molecule has 0 fully saturated rings. The van der Waals surface area contributed by atoms with Gasteiger partial charge < -0.3 is 10.4 Å². The van der Waals surface area contributed by atoms with Crippen LogP contribution in [0, 0.1) is 5.92 Å². The van der Waals surface area contributed by atoms with Crippen LogP contribution in [0.1, 0.15) is 38.8 Å². The summed E-state index contributed by atoms with van der Waals surface area (Å²) in [6, 6.07) is 11.2. The first-order valence-electron chi connectivity index (χ1n) is 6.07. The van der Waals surface area contributed by atoms with E-state index in [4.69, 9.17) is 5.11 Å². The molecule has 2 N–H and O–H groups in total. The third-order valence-electron chi connectivity index (χ3n) is 2.85. The van der Waals surface area contributed by atoms with Gasteiger partial charge in [0.05, 0.1) is 0 Å². The van der Waals surface area contributed by atoms with Crippen LogP contribution in [0.5, 0.6) is 0 Å². The van der Waals surface area contributed by atoms with Crippen molar-refractivity contribution in [2.24, 2.45) is 5.92 Å². The molecule has 1 rings (SSSR count). The quantitative estimate of drug-likeness (QED) is 0.774. The van der Waals surface area contributed by atoms with Gasteiger partial charge in [-0.05, 0) is 24.8 Å². The average molecular weight is 221 g/mol. The van der Waals surface area contributed by atoms with Crippen molar-refractivity contribution in [1.29, 1.82) is 0 Å². The molecule has 2 heteroatoms. The van der Waals surface area contributed by atoms with Gasteiger partial charge in [-0.2, -0.15) is 0 Å². The molecule has 0 aliphatic rings. The fraction of sp³-hybridized carbons (Fsp3) is 0.571. The third kappa shape index (κ3) is 3.95. The summed E-state index contributed by atoms with van der Waals surface area (Å²) in [5, 5.41) is 12.5. The van der Waals surface area contributed by atoms with Gasteiger partial charge >= 0.3 is 0 Å². The summed E-state index contributed by atoms with van der Waals surface area (Å²) >= 11 is 0. The van der Waals surface area contributed by atoms with E-state index in [1.165, 1.54) is 5.56 Å². The van der Waals surface area contributed by atoms with Crippen LogP contribution in [0.2, 0.25) is 0 Å². The average Bonchev–Trinajstić information content (AvgIpc) is 2.27. The van der Waals surface area contributed by atoms with E-state index in [0.717, 1.165) is 6.42 Å². The van der Waals surface area contributed by atoms with Crippen LogP contribution in [0.3, 0.4) is 0 Å². The number of aliphatic hydroxyl groups is 1. The Balaban J connectivity index is 2.69. The Labute approximate surface area is 98.7 Å². The second kappa shape index (κ2) is 6.66. The van der Waals surface area contributed by atoms with Crippen molar-refractivity contribution in [1.82, 2.24) is 5.32 Å². The minimum absolute atomic E-state index is 0.244. The molecule has 1 aromatic rings. The lowest BCUT2D eigenvalue weighted by Crippen LogP contribution is -2.34. The fourth-order valence-corrected chi connectivity index (χ4v) is 1.92. The molecule has 16 heavy (non-hydrogen) atoms. The number of hydrogen-bond acceptors (Lipinski definition) is 2. The lowest BCUT2D eigenvalue weighted by Gasteiger charge is -2.26. The molecule has 0 radical (unpaired) electrons. The van der Waals surface area contributed by atoms with E-state index in [9.17, 15) is 0 Å². The van der Waals surface area contributed by atoms with Crippen molar-refractivity contribution >= 4 is 0 Å². The summed E-state index contributed by atoms with van der Waals surface area (Å²) < 4.78 is 0. The Morgan fingerprint density at radius 2 is 1.75 bits per heavy atom. The third-order valence-corrected chi connectivity index (χ3v) is 2.85. The van der Waals surface area contributed by atoms with Crippen molar-refractivity contribution in [2.75, 3.05) is 6.61 Å². The summed E-state index contributed by atoms with van der Waals surface area (Å²) in [5.74, 6) is 0.545. The van der Waals surface area contributed by atoms with Crippen molar-refractivity contribution in [3.8, 4) is 0 Å². The molecule has 1 unspecified atom stereocenters. The van der Waals surface area contributed by atoms with Crippen LogP contribution < -0.4 is 5.32 Å². The maximum Gasteiger partial charge on any atom is 0.0445 e. The molecule has 0 aromatic heterocycles. The second-order valence-electron chi connectivity index (χ2n) is 4.71. The molecular weight excluding hydrogens is 198 g/mol. The Hall–Kier alpha value is -0.860. The molecule has 90 valence electrons. The van der Waals surface area contributed by atoms with Crippen LogP contribution >= 0.6 is 0 Å². The standard InChI is InChI=1S/C14H23NO/c1-11(2)14(15-12(3)9-10-16)13-7-5-4-6-8-13/h4-8,11-12,14-16H,9-10H2,1-3H3/t12-,14?/m1/s1. The topological polar surface area (TPSA) is 32.3 Å². The molecule has 1 aromatic carbocycles. The molecule has 0 bridgehead atoms. The number of aliphatic hydroxyl groups excluding tert-OH is 1. The molecule has 0 aliphatic carbocycles. The summed E-state index contributed by atoms with van der Waals surface area (Å²) in [7, 11) is 0. The van der Waals surface area contributed by atoms with Crippen LogP contribution in [0.15, 0.2) is 30.3 Å². The zero-order valence-electron chi connectivity index (χ0n) is 10.5. The first kappa shape index (κ1) is 13.2. The highest BCUT2D eigenvalue weighted by Gasteiger charge is 2.17. The maximum atomic E-state index is 8.92. The number of hydrogen-bond donors (Lipinski definition) is 2. The van der Waals surface area contributed by atoms with E-state index in [1.807, 2.05) is 6.07 Å². The van der Waals surface area contributed by atoms with Gasteiger partial charge in [0.15, 0.2) is 0 Å². The van der Waals surface area contributed by atoms with E-state index in [-0.39, 0.29) is 6.61 Å². The monoisotopic (exact) mass is 221 g/mol. The van der Waals surface area contributed by atoms with Crippen LogP contribution in [-0.4, -0.2) is 17.8 Å². The molecule has 0 saturated heterocycles. The van der Waals surface area contributed by atoms with Gasteiger partial charge in [-0.3, -0.25) is 0 Å². The van der Waals surface area contributed by atoms with Gasteiger partial charge in [0, 0.05) is 18.7 Å². The molecule has 0 spiro atoms. The van der Waals surface area contributed by atoms with Gasteiger partial charge in [-0.25, -0.2) is 0 Å². The molecule has 0 heterocycles. The van der Waals surface area contributed by atoms with Gasteiger partial charge in [-0.1, -0.05) is 44.2 Å². The molecular formula is C14H23NO. The highest BCUT2D eigenvalue weighted by Crippen LogP contribution is 2.22. The van der Waals surface area contributed by atoms with Gasteiger partial charge in [-0.15, -0.1) is 0 Å². The van der Waals surface area contributed by atoms with E-state index >= 15 is 0 Å². The van der Waals surface area contributed by atoms with E-state index in [0.29, 0.717) is 18.0 Å². The van der Waals surface area contributed by atoms with E-state index < -0.39 is 0 Å². The Morgan fingerprint density at radius 1 is 1.12 bits per heavy atom. The Morgan fingerprint density at radius 3 is 2.25 bits per heavy atom. The van der Waals surface area contributed by atoms with Crippen LogP contribution in [-0.2, 0) is 0 Å². The van der Waals surface area contributed by atoms with Crippen LogP contribution in [0.25, 0.3) is 0 Å². The Bertz CT molecular complexity index is 284. The van der Waals surface area contributed by atoms with Crippen molar-refractivity contribution in [3.05, 3.63) is 35.9 Å². The summed E-state index contributed by atoms with van der Waals surface area (Å²) in [4.78, 5) is 0. The lowest BCUT2D eigenvalue weighted by molar-refractivity contribution is 0.255. The summed E-state index contributed by atoms with van der Waals surface area (Å²) in [6.45, 7) is 6.80. The highest BCUT2D eigenvalue weighted by atomic mass is 16.3. The van der Waals surface area contributed by atoms with Crippen molar-refractivity contribution in [3.63, 3.8) is 0 Å². The second-order valence-corrected chi connectivity index (χ2v) is 4.71. The minimum Gasteiger partial charge on any atom is -0.396 e. The summed E-state index contributed by atoms with van der Waals surface area (Å²) in [6.07, 6.45) is 0.802. The molecule has 0 amide bonds. The zero-order valence-corrected chi connectivity index (χ0v) is 10.5. The SMILES string of the molecule is CC(C)C(N[C@H](C)CCO)c1ccccc1. The number of benzene rings is 1. The van der Waals surface area contributed by atoms with Gasteiger partial charge in [0.25, 0.3) is 0 Å². The minimum atomic E-state index is 0.244. The van der Waals surface area contributed by atoms with Crippen molar-refractivity contribution < 1.29 is 5.11 Å². The zero-order chi connectivity index (χ0) is 12.0. The number of rotatable bonds is 6.